The van der Waals surface area contributed by atoms with Crippen LogP contribution in [-0.2, 0) is 5.54 Å². The Balaban J connectivity index is 1.92. The summed E-state index contributed by atoms with van der Waals surface area (Å²) in [7, 11) is 0. The number of hydrogen-bond acceptors (Lipinski definition) is 3. The zero-order valence-corrected chi connectivity index (χ0v) is 17.5. The van der Waals surface area contributed by atoms with Gasteiger partial charge in [-0.2, -0.15) is 0 Å². The van der Waals surface area contributed by atoms with E-state index in [1.165, 1.54) is 6.07 Å². The molecule has 6 nitrogen and oxygen atoms in total. The summed E-state index contributed by atoms with van der Waals surface area (Å²) in [5.41, 5.74) is 2.81. The Hall–Kier alpha value is -4.58. The second-order valence-electron chi connectivity index (χ2n) is 7.62. The molecule has 0 bridgehead atoms. The maximum absolute atomic E-state index is 13.5. The van der Waals surface area contributed by atoms with Gasteiger partial charge in [-0.05, 0) is 28.8 Å². The number of rotatable bonds is 5. The number of fused-ring (bicyclic) bond motifs is 1. The molecular weight excluding hydrogens is 416 g/mol. The maximum atomic E-state index is 13.5. The molecule has 0 spiro atoms. The molecular formula is C27H20N2O4. The molecule has 0 aliphatic heterocycles. The summed E-state index contributed by atoms with van der Waals surface area (Å²) >= 11 is 0. The van der Waals surface area contributed by atoms with Crippen molar-refractivity contribution < 1.29 is 14.3 Å². The van der Waals surface area contributed by atoms with E-state index < -0.39 is 17.4 Å². The molecule has 0 atom stereocenters. The summed E-state index contributed by atoms with van der Waals surface area (Å²) in [6.45, 7) is 0. The molecule has 0 fully saturated rings. The SMILES string of the molecule is O=C(O)Nc1ccc2c(c1)oc(=O)n2C(c1ccccc1)(c1ccccc1)c1ccccc1. The van der Waals surface area contributed by atoms with Crippen LogP contribution in [0.15, 0.2) is 118 Å². The van der Waals surface area contributed by atoms with Gasteiger partial charge in [0.1, 0.15) is 5.54 Å². The number of amides is 1. The molecule has 0 radical (unpaired) electrons. The van der Waals surface area contributed by atoms with Crippen molar-refractivity contribution in [1.29, 1.82) is 0 Å². The van der Waals surface area contributed by atoms with Crippen molar-refractivity contribution in [3.63, 3.8) is 0 Å². The van der Waals surface area contributed by atoms with Crippen LogP contribution in [0.25, 0.3) is 11.1 Å². The van der Waals surface area contributed by atoms with Gasteiger partial charge in [-0.15, -0.1) is 0 Å². The van der Waals surface area contributed by atoms with E-state index in [2.05, 4.69) is 5.32 Å². The molecule has 1 amide bonds. The van der Waals surface area contributed by atoms with Gasteiger partial charge in [0.15, 0.2) is 5.58 Å². The number of carboxylic acid groups (broad SMARTS) is 1. The topological polar surface area (TPSA) is 84.5 Å². The summed E-state index contributed by atoms with van der Waals surface area (Å²) in [5, 5.41) is 11.4. The van der Waals surface area contributed by atoms with E-state index in [0.29, 0.717) is 16.8 Å². The van der Waals surface area contributed by atoms with E-state index in [1.54, 1.807) is 16.7 Å². The summed E-state index contributed by atoms with van der Waals surface area (Å²) in [6, 6.07) is 34.3. The minimum absolute atomic E-state index is 0.290. The van der Waals surface area contributed by atoms with Gasteiger partial charge in [-0.3, -0.25) is 9.88 Å². The lowest BCUT2D eigenvalue weighted by Gasteiger charge is -2.36. The lowest BCUT2D eigenvalue weighted by atomic mass is 9.76. The van der Waals surface area contributed by atoms with Gasteiger partial charge in [0, 0.05) is 11.8 Å². The number of carbonyl (C=O) groups is 1. The van der Waals surface area contributed by atoms with Crippen LogP contribution in [0.1, 0.15) is 16.7 Å². The normalized spacial score (nSPS) is 11.4. The average Bonchev–Trinajstić information content (AvgIpc) is 3.17. The second-order valence-corrected chi connectivity index (χ2v) is 7.62. The van der Waals surface area contributed by atoms with Crippen LogP contribution < -0.4 is 11.1 Å². The Morgan fingerprint density at radius 1 is 0.758 bits per heavy atom. The minimum Gasteiger partial charge on any atom is -0.465 e. The first-order chi connectivity index (χ1) is 16.1. The van der Waals surface area contributed by atoms with E-state index in [1.807, 2.05) is 91.0 Å². The lowest BCUT2D eigenvalue weighted by molar-refractivity contribution is 0.210. The van der Waals surface area contributed by atoms with Crippen molar-refractivity contribution in [2.24, 2.45) is 0 Å². The standard InChI is InChI=1S/C27H20N2O4/c30-25(31)28-22-16-17-23-24(18-22)33-26(32)29(23)27(19-10-4-1-5-11-19,20-12-6-2-7-13-20)21-14-8-3-9-15-21/h1-18,28H,(H,30,31). The van der Waals surface area contributed by atoms with Crippen LogP contribution in [0.4, 0.5) is 10.5 Å². The average molecular weight is 436 g/mol. The molecule has 5 rings (SSSR count). The van der Waals surface area contributed by atoms with Crippen LogP contribution in [0.2, 0.25) is 0 Å². The summed E-state index contributed by atoms with van der Waals surface area (Å²) in [4.78, 5) is 24.6. The summed E-state index contributed by atoms with van der Waals surface area (Å²) in [5.74, 6) is -0.547. The molecule has 1 heterocycles. The molecule has 0 unspecified atom stereocenters. The van der Waals surface area contributed by atoms with Crippen LogP contribution >= 0.6 is 0 Å². The highest BCUT2D eigenvalue weighted by Gasteiger charge is 2.41. The van der Waals surface area contributed by atoms with Gasteiger partial charge in [0.05, 0.1) is 5.52 Å². The fourth-order valence-corrected chi connectivity index (χ4v) is 4.46. The lowest BCUT2D eigenvalue weighted by Crippen LogP contribution is -2.42. The van der Waals surface area contributed by atoms with Gasteiger partial charge in [-0.25, -0.2) is 9.59 Å². The number of hydrogen-bond donors (Lipinski definition) is 2. The van der Waals surface area contributed by atoms with Crippen molar-refractivity contribution >= 4 is 22.9 Å². The predicted molar refractivity (Wildman–Crippen MR) is 127 cm³/mol. The Kier molecular flexibility index (Phi) is 5.03. The van der Waals surface area contributed by atoms with Crippen LogP contribution in [0.3, 0.4) is 0 Å². The second kappa shape index (κ2) is 8.16. The maximum Gasteiger partial charge on any atom is 0.421 e. The number of nitrogens with one attached hydrogen (secondary N) is 1. The molecule has 162 valence electrons. The predicted octanol–water partition coefficient (Wildman–Crippen LogP) is 5.52. The fourth-order valence-electron chi connectivity index (χ4n) is 4.46. The Bertz CT molecular complexity index is 1380. The molecule has 0 aliphatic carbocycles. The fraction of sp³-hybridized carbons (Fsp3) is 0.0370. The van der Waals surface area contributed by atoms with Crippen LogP contribution in [0.5, 0.6) is 0 Å². The molecule has 6 heteroatoms. The Morgan fingerprint density at radius 3 is 1.70 bits per heavy atom. The molecule has 0 aliphatic rings. The molecule has 2 N–H and O–H groups in total. The van der Waals surface area contributed by atoms with Crippen molar-refractivity contribution in [2.75, 3.05) is 5.32 Å². The zero-order valence-electron chi connectivity index (χ0n) is 17.5. The van der Waals surface area contributed by atoms with E-state index in [9.17, 15) is 9.59 Å². The quantitative estimate of drug-likeness (QED) is 0.355. The largest absolute Gasteiger partial charge is 0.465 e. The third kappa shape index (κ3) is 3.38. The zero-order chi connectivity index (χ0) is 22.8. The van der Waals surface area contributed by atoms with Crippen molar-refractivity contribution in [3.05, 3.63) is 136 Å². The molecule has 0 saturated carbocycles. The first kappa shape index (κ1) is 20.3. The van der Waals surface area contributed by atoms with Gasteiger partial charge < -0.3 is 9.52 Å². The van der Waals surface area contributed by atoms with Gasteiger partial charge in [0.25, 0.3) is 0 Å². The van der Waals surface area contributed by atoms with Crippen molar-refractivity contribution in [1.82, 2.24) is 4.57 Å². The van der Waals surface area contributed by atoms with Gasteiger partial charge in [-0.1, -0.05) is 91.0 Å². The van der Waals surface area contributed by atoms with Crippen LogP contribution in [0, 0.1) is 0 Å². The highest BCUT2D eigenvalue weighted by Crippen LogP contribution is 2.41. The summed E-state index contributed by atoms with van der Waals surface area (Å²) < 4.78 is 7.31. The van der Waals surface area contributed by atoms with Crippen molar-refractivity contribution in [3.8, 4) is 0 Å². The number of aromatic nitrogens is 1. The van der Waals surface area contributed by atoms with E-state index in [-0.39, 0.29) is 0 Å². The smallest absolute Gasteiger partial charge is 0.421 e. The van der Waals surface area contributed by atoms with Crippen molar-refractivity contribution in [2.45, 2.75) is 5.54 Å². The number of oxazole rings is 1. The Labute approximate surface area is 189 Å². The highest BCUT2D eigenvalue weighted by atomic mass is 16.4. The molecule has 33 heavy (non-hydrogen) atoms. The highest BCUT2D eigenvalue weighted by molar-refractivity contribution is 5.87. The molecule has 4 aromatic carbocycles. The number of anilines is 1. The minimum atomic E-state index is -1.19. The monoisotopic (exact) mass is 436 g/mol. The number of nitrogens with zero attached hydrogens (tertiary/aromatic N) is 1. The molecule has 1 aromatic heterocycles. The van der Waals surface area contributed by atoms with E-state index in [0.717, 1.165) is 16.7 Å². The molecule has 5 aromatic rings. The third-order valence-corrected chi connectivity index (χ3v) is 5.74. The molecule has 0 saturated heterocycles. The Morgan fingerprint density at radius 2 is 1.24 bits per heavy atom. The number of benzene rings is 4. The third-order valence-electron chi connectivity index (χ3n) is 5.74. The van der Waals surface area contributed by atoms with Gasteiger partial charge in [0.2, 0.25) is 0 Å². The van der Waals surface area contributed by atoms with E-state index >= 15 is 0 Å². The first-order valence-corrected chi connectivity index (χ1v) is 10.4. The first-order valence-electron chi connectivity index (χ1n) is 10.4. The summed E-state index contributed by atoms with van der Waals surface area (Å²) in [6.07, 6.45) is -1.19. The van der Waals surface area contributed by atoms with Gasteiger partial charge >= 0.3 is 11.8 Å². The van der Waals surface area contributed by atoms with E-state index in [4.69, 9.17) is 9.52 Å². The van der Waals surface area contributed by atoms with Crippen LogP contribution in [-0.4, -0.2) is 15.8 Å².